The second kappa shape index (κ2) is 5.29. The van der Waals surface area contributed by atoms with Crippen molar-refractivity contribution in [2.45, 2.75) is 19.8 Å². The second-order valence-electron chi connectivity index (χ2n) is 3.30. The maximum Gasteiger partial charge on any atom is 0.167 e. The van der Waals surface area contributed by atoms with E-state index in [1.807, 2.05) is 6.08 Å². The van der Waals surface area contributed by atoms with Gasteiger partial charge in [0.1, 0.15) is 0 Å². The molecule has 0 fully saturated rings. The van der Waals surface area contributed by atoms with Gasteiger partial charge in [-0.25, -0.2) is 0 Å². The zero-order valence-corrected chi connectivity index (χ0v) is 9.16. The third-order valence-corrected chi connectivity index (χ3v) is 2.18. The van der Waals surface area contributed by atoms with E-state index < -0.39 is 0 Å². The molecule has 0 aromatic heterocycles. The predicted octanol–water partition coefficient (Wildman–Crippen LogP) is 2.50. The Bertz CT molecular complexity index is 359. The Morgan fingerprint density at radius 3 is 2.87 bits per heavy atom. The summed E-state index contributed by atoms with van der Waals surface area (Å²) in [5.74, 6) is 0.546. The lowest BCUT2D eigenvalue weighted by molar-refractivity contribution is 0.372. The molecule has 82 valence electrons. The molecule has 0 atom stereocenters. The Morgan fingerprint density at radius 1 is 1.53 bits per heavy atom. The van der Waals surface area contributed by atoms with Gasteiger partial charge in [-0.15, -0.1) is 0 Å². The molecular weight excluding hydrogens is 190 g/mol. The molecule has 0 aliphatic heterocycles. The smallest absolute Gasteiger partial charge is 0.167 e. The van der Waals surface area contributed by atoms with Crippen LogP contribution in [0.1, 0.15) is 25.3 Å². The van der Waals surface area contributed by atoms with Crippen molar-refractivity contribution in [2.24, 2.45) is 5.73 Å². The van der Waals surface area contributed by atoms with Crippen molar-refractivity contribution in [2.75, 3.05) is 7.11 Å². The molecule has 0 unspecified atom stereocenters. The van der Waals surface area contributed by atoms with E-state index in [2.05, 4.69) is 6.92 Å². The normalized spacial score (nSPS) is 11.5. The van der Waals surface area contributed by atoms with Crippen LogP contribution in [0, 0.1) is 0 Å². The fourth-order valence-corrected chi connectivity index (χ4v) is 1.33. The second-order valence-corrected chi connectivity index (χ2v) is 3.30. The van der Waals surface area contributed by atoms with Crippen LogP contribution in [0.2, 0.25) is 0 Å². The number of hydrogen-bond acceptors (Lipinski definition) is 3. The van der Waals surface area contributed by atoms with Crippen molar-refractivity contribution in [1.29, 1.82) is 0 Å². The summed E-state index contributed by atoms with van der Waals surface area (Å²) < 4.78 is 5.01. The van der Waals surface area contributed by atoms with E-state index >= 15 is 0 Å². The maximum absolute atomic E-state index is 9.81. The fourth-order valence-electron chi connectivity index (χ4n) is 1.33. The highest BCUT2D eigenvalue weighted by molar-refractivity contribution is 5.70. The lowest BCUT2D eigenvalue weighted by Gasteiger charge is -2.08. The number of phenols is 1. The molecule has 1 rings (SSSR count). The van der Waals surface area contributed by atoms with Crippen LogP contribution < -0.4 is 10.5 Å². The Morgan fingerprint density at radius 2 is 2.27 bits per heavy atom. The largest absolute Gasteiger partial charge is 0.504 e. The number of nitrogens with two attached hydrogens (primary N) is 1. The molecule has 3 heteroatoms. The summed E-state index contributed by atoms with van der Waals surface area (Å²) >= 11 is 0. The number of unbranched alkanes of at least 4 members (excludes halogenated alkanes) is 1. The van der Waals surface area contributed by atoms with Gasteiger partial charge in [-0.1, -0.05) is 25.5 Å². The maximum atomic E-state index is 9.81. The van der Waals surface area contributed by atoms with Gasteiger partial charge < -0.3 is 15.6 Å². The average molecular weight is 207 g/mol. The van der Waals surface area contributed by atoms with Crippen LogP contribution >= 0.6 is 0 Å². The van der Waals surface area contributed by atoms with Gasteiger partial charge in [0.2, 0.25) is 0 Å². The average Bonchev–Trinajstić information content (AvgIpc) is 2.26. The molecule has 0 bridgehead atoms. The Hall–Kier alpha value is -1.64. The molecule has 0 amide bonds. The van der Waals surface area contributed by atoms with Crippen molar-refractivity contribution in [3.8, 4) is 11.5 Å². The number of phenolic OH excluding ortho intramolecular Hbond substituents is 1. The third-order valence-electron chi connectivity index (χ3n) is 2.18. The summed E-state index contributed by atoms with van der Waals surface area (Å²) in [6.45, 7) is 2.08. The van der Waals surface area contributed by atoms with E-state index in [0.29, 0.717) is 17.0 Å². The number of rotatable bonds is 4. The highest BCUT2D eigenvalue weighted by atomic mass is 16.5. The highest BCUT2D eigenvalue weighted by Gasteiger charge is 2.08. The minimum Gasteiger partial charge on any atom is -0.504 e. The van der Waals surface area contributed by atoms with E-state index in [-0.39, 0.29) is 5.75 Å². The molecule has 1 aromatic carbocycles. The summed E-state index contributed by atoms with van der Waals surface area (Å²) in [5, 5.41) is 9.81. The Labute approximate surface area is 90.2 Å². The molecule has 0 saturated carbocycles. The Balaban J connectivity index is 3.03. The van der Waals surface area contributed by atoms with E-state index in [4.69, 9.17) is 10.5 Å². The van der Waals surface area contributed by atoms with Gasteiger partial charge in [-0.3, -0.25) is 0 Å². The lowest BCUT2D eigenvalue weighted by Crippen LogP contribution is -1.97. The number of methoxy groups -OCH3 is 1. The molecule has 0 aliphatic rings. The first-order valence-corrected chi connectivity index (χ1v) is 5.02. The molecule has 1 aromatic rings. The summed E-state index contributed by atoms with van der Waals surface area (Å²) in [6.07, 6.45) is 3.85. The summed E-state index contributed by atoms with van der Waals surface area (Å²) in [6, 6.07) is 5.28. The first-order valence-electron chi connectivity index (χ1n) is 5.02. The van der Waals surface area contributed by atoms with Crippen molar-refractivity contribution < 1.29 is 9.84 Å². The van der Waals surface area contributed by atoms with Crippen LogP contribution in [0.5, 0.6) is 11.5 Å². The van der Waals surface area contributed by atoms with Crippen molar-refractivity contribution in [3.05, 3.63) is 29.8 Å². The van der Waals surface area contributed by atoms with Gasteiger partial charge in [0.05, 0.1) is 7.11 Å². The van der Waals surface area contributed by atoms with Crippen LogP contribution in [-0.4, -0.2) is 12.2 Å². The van der Waals surface area contributed by atoms with Gasteiger partial charge in [0.25, 0.3) is 0 Å². The van der Waals surface area contributed by atoms with Crippen molar-refractivity contribution in [3.63, 3.8) is 0 Å². The fraction of sp³-hybridized carbons (Fsp3) is 0.333. The molecule has 0 radical (unpaired) electrons. The monoisotopic (exact) mass is 207 g/mol. The van der Waals surface area contributed by atoms with Crippen LogP contribution in [-0.2, 0) is 0 Å². The van der Waals surface area contributed by atoms with Crippen molar-refractivity contribution in [1.82, 2.24) is 0 Å². The molecule has 0 aliphatic carbocycles. The van der Waals surface area contributed by atoms with E-state index in [0.717, 1.165) is 12.8 Å². The van der Waals surface area contributed by atoms with Gasteiger partial charge in [-0.05, 0) is 18.6 Å². The molecule has 3 N–H and O–H groups in total. The molecular formula is C12H17NO2. The molecule has 15 heavy (non-hydrogen) atoms. The van der Waals surface area contributed by atoms with E-state index in [9.17, 15) is 5.11 Å². The topological polar surface area (TPSA) is 55.5 Å². The van der Waals surface area contributed by atoms with Gasteiger partial charge in [-0.2, -0.15) is 0 Å². The molecule has 0 heterocycles. The quantitative estimate of drug-likeness (QED) is 0.797. The minimum atomic E-state index is 0.102. The number of ether oxygens (including phenoxy) is 1. The molecule has 0 spiro atoms. The van der Waals surface area contributed by atoms with Crippen LogP contribution in [0.3, 0.4) is 0 Å². The number of benzene rings is 1. The predicted molar refractivity (Wildman–Crippen MR) is 61.7 cm³/mol. The van der Waals surface area contributed by atoms with Crippen LogP contribution in [0.15, 0.2) is 24.3 Å². The molecule has 3 nitrogen and oxygen atoms in total. The summed E-state index contributed by atoms with van der Waals surface area (Å²) in [7, 11) is 1.52. The molecule has 0 saturated heterocycles. The van der Waals surface area contributed by atoms with Crippen LogP contribution in [0.4, 0.5) is 0 Å². The zero-order chi connectivity index (χ0) is 11.3. The van der Waals surface area contributed by atoms with Gasteiger partial charge in [0, 0.05) is 11.3 Å². The summed E-state index contributed by atoms with van der Waals surface area (Å²) in [4.78, 5) is 0. The number of aromatic hydroxyl groups is 1. The first kappa shape index (κ1) is 11.4. The SMILES string of the molecule is CCC/C=C(\N)c1cccc(OC)c1O. The number of allylic oxidation sites excluding steroid dienone is 1. The third kappa shape index (κ3) is 2.65. The van der Waals surface area contributed by atoms with E-state index in [1.165, 1.54) is 7.11 Å². The standard InChI is InChI=1S/C12H17NO2/c1-3-4-7-10(13)9-6-5-8-11(15-2)12(9)14/h5-8,14H,3-4,13H2,1-2H3/b10-7-. The summed E-state index contributed by atoms with van der Waals surface area (Å²) in [5.41, 5.74) is 7.07. The Kier molecular flexibility index (Phi) is 4.03. The zero-order valence-electron chi connectivity index (χ0n) is 9.16. The van der Waals surface area contributed by atoms with E-state index in [1.54, 1.807) is 18.2 Å². The lowest BCUT2D eigenvalue weighted by atomic mass is 10.1. The number of para-hydroxylation sites is 1. The minimum absolute atomic E-state index is 0.102. The van der Waals surface area contributed by atoms with Gasteiger partial charge in [0.15, 0.2) is 11.5 Å². The van der Waals surface area contributed by atoms with Crippen LogP contribution in [0.25, 0.3) is 5.70 Å². The first-order chi connectivity index (χ1) is 7.20. The number of hydrogen-bond donors (Lipinski definition) is 2. The van der Waals surface area contributed by atoms with Crippen molar-refractivity contribution >= 4 is 5.70 Å². The van der Waals surface area contributed by atoms with Gasteiger partial charge >= 0.3 is 0 Å². The highest BCUT2D eigenvalue weighted by Crippen LogP contribution is 2.32.